The van der Waals surface area contributed by atoms with Gasteiger partial charge in [-0.05, 0) is 0 Å². The number of nitrogens with two attached hydrogens (primary N) is 1. The van der Waals surface area contributed by atoms with Crippen molar-refractivity contribution in [2.75, 3.05) is 6.54 Å². The topological polar surface area (TPSA) is 98.5 Å². The van der Waals surface area contributed by atoms with Gasteiger partial charge in [0.15, 0.2) is 0 Å². The summed E-state index contributed by atoms with van der Waals surface area (Å²) in [6, 6.07) is 0. The van der Waals surface area contributed by atoms with Crippen LogP contribution in [-0.2, 0) is 19.2 Å². The zero-order valence-corrected chi connectivity index (χ0v) is 6.41. The summed E-state index contributed by atoms with van der Waals surface area (Å²) in [6.07, 6.45) is 0.706. The van der Waals surface area contributed by atoms with Gasteiger partial charge in [0.25, 0.3) is 5.91 Å². The van der Waals surface area contributed by atoms with Gasteiger partial charge >= 0.3 is 5.97 Å². The molecule has 0 bridgehead atoms. The van der Waals surface area contributed by atoms with E-state index in [2.05, 4.69) is 4.84 Å². The third-order valence-corrected chi connectivity index (χ3v) is 0.935. The molecule has 0 saturated heterocycles. The Hall–Kier alpha value is -1.43. The van der Waals surface area contributed by atoms with Crippen LogP contribution in [0.1, 0.15) is 12.8 Å². The summed E-state index contributed by atoms with van der Waals surface area (Å²) < 4.78 is 0. The molecule has 0 atom stereocenters. The Morgan fingerprint density at radius 1 is 1.50 bits per heavy atom. The van der Waals surface area contributed by atoms with Crippen molar-refractivity contribution in [3.8, 4) is 0 Å². The van der Waals surface area contributed by atoms with Crippen LogP contribution in [-0.4, -0.2) is 24.7 Å². The van der Waals surface area contributed by atoms with Crippen molar-refractivity contribution in [1.29, 1.82) is 0 Å². The highest BCUT2D eigenvalue weighted by molar-refractivity contribution is 5.79. The molecule has 0 heterocycles. The molecule has 0 rings (SSSR count). The van der Waals surface area contributed by atoms with Crippen molar-refractivity contribution in [2.24, 2.45) is 5.73 Å². The third-order valence-electron chi connectivity index (χ3n) is 0.935. The van der Waals surface area contributed by atoms with E-state index in [9.17, 15) is 14.4 Å². The highest BCUT2D eigenvalue weighted by Gasteiger charge is 2.03. The van der Waals surface area contributed by atoms with Crippen molar-refractivity contribution in [2.45, 2.75) is 12.8 Å². The summed E-state index contributed by atoms with van der Waals surface area (Å²) in [6.45, 7) is -0.298. The fourth-order valence-corrected chi connectivity index (χ4v) is 0.397. The van der Waals surface area contributed by atoms with Gasteiger partial charge in [-0.15, -0.1) is 0 Å². The number of rotatable bonds is 4. The van der Waals surface area contributed by atoms with Crippen molar-refractivity contribution >= 4 is 18.2 Å². The van der Waals surface area contributed by atoms with E-state index in [0.29, 0.717) is 6.29 Å². The summed E-state index contributed by atoms with van der Waals surface area (Å²) in [5.41, 5.74) is 6.72. The first-order valence-electron chi connectivity index (χ1n) is 3.33. The van der Waals surface area contributed by atoms with Crippen molar-refractivity contribution in [3.05, 3.63) is 0 Å². The molecular weight excluding hydrogens is 164 g/mol. The molecule has 0 aliphatic heterocycles. The maximum Gasteiger partial charge on any atom is 0.345 e. The summed E-state index contributed by atoms with van der Waals surface area (Å²) in [7, 11) is 0. The van der Waals surface area contributed by atoms with Gasteiger partial charge in [0.2, 0.25) is 0 Å². The second kappa shape index (κ2) is 6.29. The fourth-order valence-electron chi connectivity index (χ4n) is 0.397. The van der Waals surface area contributed by atoms with Crippen LogP contribution in [0, 0.1) is 0 Å². The van der Waals surface area contributed by atoms with Crippen molar-refractivity contribution < 1.29 is 19.2 Å². The van der Waals surface area contributed by atoms with E-state index >= 15 is 0 Å². The Labute approximate surface area is 69.0 Å². The number of carbonyl (C=O) groups is 3. The minimum Gasteiger partial charge on any atom is -0.339 e. The summed E-state index contributed by atoms with van der Waals surface area (Å²) in [4.78, 5) is 35.0. The van der Waals surface area contributed by atoms with E-state index in [4.69, 9.17) is 5.73 Å². The maximum atomic E-state index is 10.6. The molecule has 3 N–H and O–H groups in total. The molecule has 0 saturated carbocycles. The second-order valence-electron chi connectivity index (χ2n) is 1.91. The van der Waals surface area contributed by atoms with Gasteiger partial charge in [-0.3, -0.25) is 4.79 Å². The molecule has 0 aliphatic carbocycles. The van der Waals surface area contributed by atoms with Gasteiger partial charge in [-0.25, -0.2) is 4.79 Å². The van der Waals surface area contributed by atoms with Gasteiger partial charge in [0.05, 0.1) is 6.54 Å². The molecule has 6 nitrogen and oxygen atoms in total. The Bertz CT molecular complexity index is 180. The number of carbonyl (C=O) groups excluding carboxylic acids is 3. The van der Waals surface area contributed by atoms with Crippen LogP contribution in [0.25, 0.3) is 0 Å². The third kappa shape index (κ3) is 5.36. The van der Waals surface area contributed by atoms with Crippen LogP contribution in [0.15, 0.2) is 0 Å². The van der Waals surface area contributed by atoms with Crippen LogP contribution >= 0.6 is 0 Å². The predicted octanol–water partition coefficient (Wildman–Crippen LogP) is -1.50. The van der Waals surface area contributed by atoms with E-state index in [1.807, 2.05) is 5.48 Å². The van der Waals surface area contributed by atoms with E-state index in [1.165, 1.54) is 0 Å². The maximum absolute atomic E-state index is 10.6. The predicted molar refractivity (Wildman–Crippen MR) is 38.6 cm³/mol. The van der Waals surface area contributed by atoms with E-state index in [0.717, 1.165) is 0 Å². The number of aldehydes is 1. The average Bonchev–Trinajstić information content (AvgIpc) is 2.10. The van der Waals surface area contributed by atoms with E-state index in [-0.39, 0.29) is 19.4 Å². The minimum atomic E-state index is -0.727. The number of amides is 1. The zero-order valence-electron chi connectivity index (χ0n) is 6.41. The first-order chi connectivity index (χ1) is 5.70. The number of hydrogen-bond acceptors (Lipinski definition) is 5. The molecule has 1 amide bonds. The smallest absolute Gasteiger partial charge is 0.339 e. The lowest BCUT2D eigenvalue weighted by molar-refractivity contribution is -0.156. The van der Waals surface area contributed by atoms with Crippen LogP contribution < -0.4 is 11.2 Å². The summed E-state index contributed by atoms with van der Waals surface area (Å²) >= 11 is 0. The van der Waals surface area contributed by atoms with Gasteiger partial charge in [-0.2, -0.15) is 5.48 Å². The molecule has 0 spiro atoms. The number of hydroxylamine groups is 1. The number of hydrogen-bond donors (Lipinski definition) is 2. The van der Waals surface area contributed by atoms with Gasteiger partial charge < -0.3 is 15.4 Å². The minimum absolute atomic E-state index is 0.00134. The molecular formula is C6H10N2O4. The largest absolute Gasteiger partial charge is 0.345 e. The Morgan fingerprint density at radius 3 is 2.67 bits per heavy atom. The van der Waals surface area contributed by atoms with Crippen LogP contribution in [0.4, 0.5) is 0 Å². The molecule has 68 valence electrons. The molecule has 6 heteroatoms. The Kier molecular flexibility index (Phi) is 5.54. The molecule has 0 unspecified atom stereocenters. The normalized spacial score (nSPS) is 8.75. The van der Waals surface area contributed by atoms with E-state index in [1.54, 1.807) is 0 Å². The van der Waals surface area contributed by atoms with Crippen LogP contribution in [0.2, 0.25) is 0 Å². The molecule has 0 aliphatic rings. The molecule has 0 aromatic rings. The van der Waals surface area contributed by atoms with Crippen LogP contribution in [0.5, 0.6) is 0 Å². The highest BCUT2D eigenvalue weighted by Crippen LogP contribution is 1.83. The summed E-state index contributed by atoms with van der Waals surface area (Å²) in [5, 5.41) is 0. The standard InChI is InChI=1S/C6H10N2O4/c7-4-6(11)12-8-5(10)2-1-3-9/h3H,1-2,4,7H2,(H,8,10). The summed E-state index contributed by atoms with van der Waals surface area (Å²) in [5.74, 6) is -1.25. The molecule has 0 radical (unpaired) electrons. The molecule has 0 aromatic heterocycles. The lowest BCUT2D eigenvalue weighted by atomic mass is 10.3. The lowest BCUT2D eigenvalue weighted by Gasteiger charge is -2.01. The first-order valence-corrected chi connectivity index (χ1v) is 3.33. The van der Waals surface area contributed by atoms with Gasteiger partial charge in [0.1, 0.15) is 6.29 Å². The first kappa shape index (κ1) is 10.6. The molecule has 0 aromatic carbocycles. The molecule has 0 fully saturated rings. The highest BCUT2D eigenvalue weighted by atomic mass is 16.7. The quantitative estimate of drug-likeness (QED) is 0.399. The SMILES string of the molecule is NCC(=O)ONC(=O)CCC=O. The van der Waals surface area contributed by atoms with Crippen molar-refractivity contribution in [3.63, 3.8) is 0 Å². The second-order valence-corrected chi connectivity index (χ2v) is 1.91. The lowest BCUT2D eigenvalue weighted by Crippen LogP contribution is -2.30. The zero-order chi connectivity index (χ0) is 9.40. The van der Waals surface area contributed by atoms with Crippen LogP contribution in [0.3, 0.4) is 0 Å². The van der Waals surface area contributed by atoms with E-state index < -0.39 is 11.9 Å². The molecule has 12 heavy (non-hydrogen) atoms. The van der Waals surface area contributed by atoms with Gasteiger partial charge in [-0.1, -0.05) is 0 Å². The monoisotopic (exact) mass is 174 g/mol. The Balaban J connectivity index is 3.43. The average molecular weight is 174 g/mol. The fraction of sp³-hybridized carbons (Fsp3) is 0.500. The Morgan fingerprint density at radius 2 is 2.17 bits per heavy atom. The number of nitrogens with one attached hydrogen (secondary N) is 1. The van der Waals surface area contributed by atoms with Crippen molar-refractivity contribution in [1.82, 2.24) is 5.48 Å². The van der Waals surface area contributed by atoms with Gasteiger partial charge in [0, 0.05) is 12.8 Å².